The van der Waals surface area contributed by atoms with E-state index in [-0.39, 0.29) is 5.56 Å². The molecule has 0 radical (unpaired) electrons. The highest BCUT2D eigenvalue weighted by molar-refractivity contribution is 5.98. The molecule has 0 bridgehead atoms. The molecule has 2 N–H and O–H groups in total. The number of rotatable bonds is 5. The molecule has 1 unspecified atom stereocenters. The minimum absolute atomic E-state index is 0.189. The van der Waals surface area contributed by atoms with Crippen LogP contribution in [0.4, 0.5) is 10.1 Å². The molecule has 0 fully saturated rings. The first kappa shape index (κ1) is 14.6. The summed E-state index contributed by atoms with van der Waals surface area (Å²) in [5, 5.41) is 13.5. The normalized spacial score (nSPS) is 11.9. The molecule has 0 aliphatic carbocycles. The summed E-state index contributed by atoms with van der Waals surface area (Å²) in [5.74, 6) is -0.864. The first-order valence-electron chi connectivity index (χ1n) is 6.27. The van der Waals surface area contributed by atoms with Gasteiger partial charge in [-0.3, -0.25) is 14.9 Å². The van der Waals surface area contributed by atoms with Gasteiger partial charge in [-0.05, 0) is 18.6 Å². The first-order chi connectivity index (χ1) is 10.0. The van der Waals surface area contributed by atoms with Crippen molar-refractivity contribution in [3.05, 3.63) is 57.9 Å². The molecule has 2 rings (SSSR count). The predicted molar refractivity (Wildman–Crippen MR) is 72.1 cm³/mol. The van der Waals surface area contributed by atoms with Crippen molar-refractivity contribution in [2.45, 2.75) is 19.4 Å². The molecule has 1 amide bonds. The number of hydrogen-bond acceptors (Lipinski definition) is 4. The average molecular weight is 292 g/mol. The highest BCUT2D eigenvalue weighted by Crippen LogP contribution is 2.21. The number of nitrogens with zero attached hydrogens (tertiary/aromatic N) is 2. The van der Waals surface area contributed by atoms with Gasteiger partial charge in [0.1, 0.15) is 17.2 Å². The number of amides is 1. The van der Waals surface area contributed by atoms with Gasteiger partial charge in [0.15, 0.2) is 0 Å². The Morgan fingerprint density at radius 3 is 2.90 bits per heavy atom. The zero-order valence-electron chi connectivity index (χ0n) is 11.2. The van der Waals surface area contributed by atoms with E-state index in [1.54, 1.807) is 12.4 Å². The fourth-order valence-electron chi connectivity index (χ4n) is 1.92. The van der Waals surface area contributed by atoms with E-state index in [0.29, 0.717) is 12.2 Å². The molecule has 7 nitrogen and oxygen atoms in total. The van der Waals surface area contributed by atoms with Crippen molar-refractivity contribution in [3.8, 4) is 0 Å². The lowest BCUT2D eigenvalue weighted by Crippen LogP contribution is -2.29. The molecule has 0 aliphatic rings. The SMILES string of the molecule is CCC(NC(=O)c1ccc(F)cc1[N+](=O)[O-])c1ncc[nH]1. The standard InChI is InChI=1S/C13H13FN4O3/c1-2-10(12-15-5-6-16-12)17-13(19)9-4-3-8(14)7-11(9)18(20)21/h3-7,10H,2H2,1H3,(H,15,16)(H,17,19). The zero-order valence-corrected chi connectivity index (χ0v) is 11.2. The minimum Gasteiger partial charge on any atom is -0.347 e. The van der Waals surface area contributed by atoms with Crippen LogP contribution < -0.4 is 5.32 Å². The fourth-order valence-corrected chi connectivity index (χ4v) is 1.92. The Labute approximate surface area is 119 Å². The van der Waals surface area contributed by atoms with E-state index >= 15 is 0 Å². The van der Waals surface area contributed by atoms with Crippen LogP contribution in [0.15, 0.2) is 30.6 Å². The Morgan fingerprint density at radius 2 is 2.33 bits per heavy atom. The van der Waals surface area contributed by atoms with Crippen molar-refractivity contribution in [3.63, 3.8) is 0 Å². The van der Waals surface area contributed by atoms with Gasteiger partial charge in [-0.2, -0.15) is 0 Å². The third-order valence-corrected chi connectivity index (χ3v) is 2.96. The van der Waals surface area contributed by atoms with Crippen LogP contribution >= 0.6 is 0 Å². The van der Waals surface area contributed by atoms with Crippen LogP contribution in [0.3, 0.4) is 0 Å². The summed E-state index contributed by atoms with van der Waals surface area (Å²) < 4.78 is 13.1. The van der Waals surface area contributed by atoms with Crippen LogP contribution in [-0.4, -0.2) is 20.8 Å². The number of halogens is 1. The third kappa shape index (κ3) is 3.22. The molecule has 1 atom stereocenters. The Morgan fingerprint density at radius 1 is 1.57 bits per heavy atom. The summed E-state index contributed by atoms with van der Waals surface area (Å²) in [4.78, 5) is 29.2. The number of carbonyl (C=O) groups excluding carboxylic acids is 1. The van der Waals surface area contributed by atoms with E-state index in [1.807, 2.05) is 6.92 Å². The molecular weight excluding hydrogens is 279 g/mol. The summed E-state index contributed by atoms with van der Waals surface area (Å²) in [6, 6.07) is 2.42. The topological polar surface area (TPSA) is 101 Å². The maximum Gasteiger partial charge on any atom is 0.285 e. The van der Waals surface area contributed by atoms with Gasteiger partial charge in [0.25, 0.3) is 11.6 Å². The summed E-state index contributed by atoms with van der Waals surface area (Å²) in [5.41, 5.74) is -0.756. The van der Waals surface area contributed by atoms with Crippen molar-refractivity contribution in [1.82, 2.24) is 15.3 Å². The van der Waals surface area contributed by atoms with Gasteiger partial charge in [-0.25, -0.2) is 9.37 Å². The monoisotopic (exact) mass is 292 g/mol. The van der Waals surface area contributed by atoms with E-state index in [2.05, 4.69) is 15.3 Å². The molecule has 0 aliphatic heterocycles. The van der Waals surface area contributed by atoms with Crippen LogP contribution in [0.2, 0.25) is 0 Å². The lowest BCUT2D eigenvalue weighted by molar-refractivity contribution is -0.385. The Balaban J connectivity index is 2.26. The number of carbonyl (C=O) groups is 1. The number of nitrogens with one attached hydrogen (secondary N) is 2. The zero-order chi connectivity index (χ0) is 15.4. The summed E-state index contributed by atoms with van der Waals surface area (Å²) in [7, 11) is 0. The maximum absolute atomic E-state index is 13.1. The quantitative estimate of drug-likeness (QED) is 0.652. The van der Waals surface area contributed by atoms with Gasteiger partial charge in [0.2, 0.25) is 0 Å². The number of nitro benzene ring substituents is 1. The molecule has 0 saturated carbocycles. The van der Waals surface area contributed by atoms with Crippen LogP contribution in [0, 0.1) is 15.9 Å². The third-order valence-electron chi connectivity index (χ3n) is 2.96. The van der Waals surface area contributed by atoms with Gasteiger partial charge in [-0.1, -0.05) is 6.92 Å². The summed E-state index contributed by atoms with van der Waals surface area (Å²) in [6.07, 6.45) is 3.71. The molecule has 0 spiro atoms. The maximum atomic E-state index is 13.1. The second-order valence-electron chi connectivity index (χ2n) is 4.33. The molecule has 110 valence electrons. The Bertz CT molecular complexity index is 657. The van der Waals surface area contributed by atoms with Crippen LogP contribution in [-0.2, 0) is 0 Å². The second kappa shape index (κ2) is 6.12. The van der Waals surface area contributed by atoms with Crippen molar-refractivity contribution in [2.75, 3.05) is 0 Å². The lowest BCUT2D eigenvalue weighted by atomic mass is 10.1. The minimum atomic E-state index is -0.786. The number of hydrogen-bond donors (Lipinski definition) is 2. The molecular formula is C13H13FN4O3. The van der Waals surface area contributed by atoms with Crippen LogP contribution in [0.25, 0.3) is 0 Å². The van der Waals surface area contributed by atoms with Gasteiger partial charge >= 0.3 is 0 Å². The van der Waals surface area contributed by atoms with E-state index in [0.717, 1.165) is 18.2 Å². The van der Waals surface area contributed by atoms with Crippen LogP contribution in [0.5, 0.6) is 0 Å². The number of aromatic amines is 1. The van der Waals surface area contributed by atoms with E-state index in [1.165, 1.54) is 0 Å². The predicted octanol–water partition coefficient (Wildman–Crippen LogP) is 2.34. The van der Waals surface area contributed by atoms with Crippen molar-refractivity contribution in [2.24, 2.45) is 0 Å². The molecule has 0 saturated heterocycles. The summed E-state index contributed by atoms with van der Waals surface area (Å²) >= 11 is 0. The second-order valence-corrected chi connectivity index (χ2v) is 4.33. The first-order valence-corrected chi connectivity index (χ1v) is 6.27. The van der Waals surface area contributed by atoms with Crippen molar-refractivity contribution in [1.29, 1.82) is 0 Å². The average Bonchev–Trinajstić information content (AvgIpc) is 2.98. The van der Waals surface area contributed by atoms with Gasteiger partial charge in [0, 0.05) is 12.4 Å². The van der Waals surface area contributed by atoms with Crippen molar-refractivity contribution < 1.29 is 14.1 Å². The molecule has 21 heavy (non-hydrogen) atoms. The molecule has 2 aromatic rings. The largest absolute Gasteiger partial charge is 0.347 e. The van der Waals surface area contributed by atoms with E-state index < -0.39 is 28.4 Å². The van der Waals surface area contributed by atoms with E-state index in [9.17, 15) is 19.3 Å². The number of nitro groups is 1. The Kier molecular flexibility index (Phi) is 4.27. The lowest BCUT2D eigenvalue weighted by Gasteiger charge is -2.14. The highest BCUT2D eigenvalue weighted by Gasteiger charge is 2.23. The van der Waals surface area contributed by atoms with Gasteiger partial charge < -0.3 is 10.3 Å². The highest BCUT2D eigenvalue weighted by atomic mass is 19.1. The number of H-pyrrole nitrogens is 1. The smallest absolute Gasteiger partial charge is 0.285 e. The molecule has 1 aromatic carbocycles. The van der Waals surface area contributed by atoms with E-state index in [4.69, 9.17) is 0 Å². The van der Waals surface area contributed by atoms with Crippen LogP contribution in [0.1, 0.15) is 35.6 Å². The Hall–Kier alpha value is -2.77. The molecule has 1 heterocycles. The molecule has 8 heteroatoms. The fraction of sp³-hybridized carbons (Fsp3) is 0.231. The van der Waals surface area contributed by atoms with Gasteiger partial charge in [0.05, 0.1) is 17.0 Å². The van der Waals surface area contributed by atoms with Gasteiger partial charge in [-0.15, -0.1) is 0 Å². The number of imidazole rings is 1. The number of benzene rings is 1. The van der Waals surface area contributed by atoms with Crippen molar-refractivity contribution >= 4 is 11.6 Å². The molecule has 1 aromatic heterocycles. The summed E-state index contributed by atoms with van der Waals surface area (Å²) in [6.45, 7) is 1.84. The number of aromatic nitrogens is 2.